The van der Waals surface area contributed by atoms with Crippen molar-refractivity contribution in [2.45, 2.75) is 64.9 Å². The van der Waals surface area contributed by atoms with Gasteiger partial charge in [0.25, 0.3) is 0 Å². The number of ketones is 1. The van der Waals surface area contributed by atoms with Crippen LogP contribution in [0.15, 0.2) is 0 Å². The van der Waals surface area contributed by atoms with Crippen molar-refractivity contribution >= 4 is 17.7 Å². The molecule has 6 heteroatoms. The van der Waals surface area contributed by atoms with Crippen molar-refractivity contribution in [2.24, 2.45) is 34.5 Å². The zero-order valence-corrected chi connectivity index (χ0v) is 16.0. The number of carboxylic acids is 1. The van der Waals surface area contributed by atoms with Gasteiger partial charge in [-0.2, -0.15) is 0 Å². The van der Waals surface area contributed by atoms with E-state index >= 15 is 0 Å². The highest BCUT2D eigenvalue weighted by Gasteiger charge is 2.63. The fourth-order valence-corrected chi connectivity index (χ4v) is 6.70. The molecule has 4 unspecified atom stereocenters. The fourth-order valence-electron chi connectivity index (χ4n) is 6.70. The monoisotopic (exact) mass is 365 g/mol. The Balaban J connectivity index is 1.93. The van der Waals surface area contributed by atoms with Crippen LogP contribution in [0.5, 0.6) is 0 Å². The van der Waals surface area contributed by atoms with Crippen LogP contribution in [0, 0.1) is 34.5 Å². The number of aliphatic hydroxyl groups is 1. The molecule has 3 rings (SSSR count). The standard InChI is InChI=1S/C20H31NO5/c1-19(9-8-16(24)25)15(23)7-4-11-12-5-6-13(18(26)21-3)20(12,2)10-14(22)17(11)19/h11-14,17,22H,4-10H2,1-3H3,(H,21,26)(H,24,25)/t11?,12?,13?,14-,17?,19-,20-/m0/s1. The molecule has 1 amide bonds. The minimum absolute atomic E-state index is 0.0428. The lowest BCUT2D eigenvalue weighted by molar-refractivity contribution is -0.168. The smallest absolute Gasteiger partial charge is 0.303 e. The van der Waals surface area contributed by atoms with E-state index in [1.165, 1.54) is 0 Å². The van der Waals surface area contributed by atoms with Gasteiger partial charge in [0, 0.05) is 37.1 Å². The molecule has 0 bridgehead atoms. The molecule has 0 saturated heterocycles. The summed E-state index contributed by atoms with van der Waals surface area (Å²) in [7, 11) is 1.66. The van der Waals surface area contributed by atoms with E-state index in [-0.39, 0.29) is 47.7 Å². The number of carboxylic acid groups (broad SMARTS) is 1. The molecule has 0 spiro atoms. The van der Waals surface area contributed by atoms with Gasteiger partial charge >= 0.3 is 5.97 Å². The van der Waals surface area contributed by atoms with E-state index in [0.29, 0.717) is 18.8 Å². The molecule has 146 valence electrons. The van der Waals surface area contributed by atoms with Crippen molar-refractivity contribution in [1.29, 1.82) is 0 Å². The molecule has 3 aliphatic rings. The number of carbonyl (C=O) groups is 3. The second-order valence-corrected chi connectivity index (χ2v) is 9.09. The maximum atomic E-state index is 12.8. The van der Waals surface area contributed by atoms with Crippen molar-refractivity contribution in [1.82, 2.24) is 5.32 Å². The van der Waals surface area contributed by atoms with Crippen LogP contribution in [0.1, 0.15) is 58.8 Å². The Morgan fingerprint density at radius 1 is 1.23 bits per heavy atom. The van der Waals surface area contributed by atoms with Gasteiger partial charge in [-0.15, -0.1) is 0 Å². The molecule has 0 aromatic carbocycles. The number of fused-ring (bicyclic) bond motifs is 3. The van der Waals surface area contributed by atoms with Crippen LogP contribution in [-0.4, -0.2) is 41.0 Å². The Morgan fingerprint density at radius 3 is 2.54 bits per heavy atom. The highest BCUT2D eigenvalue weighted by Crippen LogP contribution is 2.64. The van der Waals surface area contributed by atoms with Crippen LogP contribution in [0.25, 0.3) is 0 Å². The first kappa shape index (κ1) is 19.3. The highest BCUT2D eigenvalue weighted by atomic mass is 16.4. The number of hydrogen-bond donors (Lipinski definition) is 3. The summed E-state index contributed by atoms with van der Waals surface area (Å²) in [5.74, 6) is -0.604. The van der Waals surface area contributed by atoms with Crippen LogP contribution in [0.4, 0.5) is 0 Å². The van der Waals surface area contributed by atoms with Gasteiger partial charge in [0.05, 0.1) is 6.10 Å². The van der Waals surface area contributed by atoms with E-state index in [9.17, 15) is 19.5 Å². The average molecular weight is 365 g/mol. The molecular formula is C20H31NO5. The Kier molecular flexibility index (Phi) is 4.93. The number of aliphatic carboxylic acids is 1. The van der Waals surface area contributed by atoms with Crippen LogP contribution in [0.3, 0.4) is 0 Å². The average Bonchev–Trinajstić information content (AvgIpc) is 2.92. The number of hydrogen-bond acceptors (Lipinski definition) is 4. The molecule has 26 heavy (non-hydrogen) atoms. The van der Waals surface area contributed by atoms with Crippen LogP contribution in [0.2, 0.25) is 0 Å². The first-order valence-corrected chi connectivity index (χ1v) is 9.80. The van der Waals surface area contributed by atoms with Gasteiger partial charge in [-0.1, -0.05) is 13.8 Å². The van der Waals surface area contributed by atoms with Gasteiger partial charge in [0.2, 0.25) is 5.91 Å². The number of carbonyl (C=O) groups excluding carboxylic acids is 2. The second-order valence-electron chi connectivity index (χ2n) is 9.09. The van der Waals surface area contributed by atoms with Crippen molar-refractivity contribution in [3.63, 3.8) is 0 Å². The molecule has 7 atom stereocenters. The van der Waals surface area contributed by atoms with Crippen LogP contribution in [-0.2, 0) is 14.4 Å². The zero-order chi connectivity index (χ0) is 19.3. The third-order valence-electron chi connectivity index (χ3n) is 7.95. The molecule has 3 aliphatic carbocycles. The molecular weight excluding hydrogens is 334 g/mol. The Bertz CT molecular complexity index is 619. The lowest BCUT2D eigenvalue weighted by atomic mass is 9.47. The summed E-state index contributed by atoms with van der Waals surface area (Å²) in [6, 6.07) is 0. The maximum absolute atomic E-state index is 12.8. The quantitative estimate of drug-likeness (QED) is 0.707. The highest BCUT2D eigenvalue weighted by molar-refractivity contribution is 5.86. The van der Waals surface area contributed by atoms with Crippen LogP contribution < -0.4 is 5.32 Å². The number of amides is 1. The lowest BCUT2D eigenvalue weighted by Crippen LogP contribution is -2.58. The van der Waals surface area contributed by atoms with E-state index in [0.717, 1.165) is 19.3 Å². The number of rotatable bonds is 4. The fraction of sp³-hybridized carbons (Fsp3) is 0.850. The summed E-state index contributed by atoms with van der Waals surface area (Å²) in [4.78, 5) is 36.2. The van der Waals surface area contributed by atoms with E-state index < -0.39 is 17.5 Å². The molecule has 3 N–H and O–H groups in total. The first-order chi connectivity index (χ1) is 12.1. The van der Waals surface area contributed by atoms with Crippen molar-refractivity contribution in [3.8, 4) is 0 Å². The molecule has 3 fully saturated rings. The maximum Gasteiger partial charge on any atom is 0.303 e. The molecule has 0 aromatic rings. The predicted octanol–water partition coefficient (Wildman–Crippen LogP) is 2.00. The summed E-state index contributed by atoms with van der Waals surface area (Å²) >= 11 is 0. The molecule has 0 radical (unpaired) electrons. The third-order valence-corrected chi connectivity index (χ3v) is 7.95. The largest absolute Gasteiger partial charge is 0.481 e. The van der Waals surface area contributed by atoms with Gasteiger partial charge in [-0.3, -0.25) is 14.4 Å². The minimum atomic E-state index is -0.906. The topological polar surface area (TPSA) is 104 Å². The molecule has 3 saturated carbocycles. The summed E-state index contributed by atoms with van der Waals surface area (Å²) in [5, 5.41) is 22.9. The molecule has 0 aromatic heterocycles. The zero-order valence-electron chi connectivity index (χ0n) is 16.0. The normalized spacial score (nSPS) is 44.9. The van der Waals surface area contributed by atoms with Gasteiger partial charge in [0.15, 0.2) is 0 Å². The number of nitrogens with one attached hydrogen (secondary N) is 1. The van der Waals surface area contributed by atoms with Gasteiger partial charge in [-0.25, -0.2) is 0 Å². The summed E-state index contributed by atoms with van der Waals surface area (Å²) in [5.41, 5.74) is -1.04. The van der Waals surface area contributed by atoms with Crippen molar-refractivity contribution in [3.05, 3.63) is 0 Å². The van der Waals surface area contributed by atoms with E-state index in [1.54, 1.807) is 7.05 Å². The van der Waals surface area contributed by atoms with Crippen LogP contribution >= 0.6 is 0 Å². The van der Waals surface area contributed by atoms with Gasteiger partial charge in [-0.05, 0) is 49.4 Å². The van der Waals surface area contributed by atoms with Crippen molar-refractivity contribution in [2.75, 3.05) is 7.05 Å². The number of Topliss-reactive ketones (excluding diaryl/α,β-unsaturated/α-hetero) is 1. The number of aliphatic hydroxyl groups excluding tert-OH is 1. The molecule has 6 nitrogen and oxygen atoms in total. The van der Waals surface area contributed by atoms with Gasteiger partial charge in [0.1, 0.15) is 5.78 Å². The Morgan fingerprint density at radius 2 is 1.92 bits per heavy atom. The van der Waals surface area contributed by atoms with Crippen molar-refractivity contribution < 1.29 is 24.6 Å². The molecule has 0 heterocycles. The Labute approximate surface area is 154 Å². The summed E-state index contributed by atoms with van der Waals surface area (Å²) < 4.78 is 0. The summed E-state index contributed by atoms with van der Waals surface area (Å²) in [6.07, 6.45) is 3.00. The Hall–Kier alpha value is -1.43. The second kappa shape index (κ2) is 6.63. The predicted molar refractivity (Wildman–Crippen MR) is 95.2 cm³/mol. The first-order valence-electron chi connectivity index (χ1n) is 9.80. The molecule has 0 aliphatic heterocycles. The summed E-state index contributed by atoms with van der Waals surface area (Å²) in [6.45, 7) is 3.97. The van der Waals surface area contributed by atoms with E-state index in [2.05, 4.69) is 12.2 Å². The minimum Gasteiger partial charge on any atom is -0.481 e. The van der Waals surface area contributed by atoms with E-state index in [4.69, 9.17) is 5.11 Å². The third kappa shape index (κ3) is 2.77. The van der Waals surface area contributed by atoms with E-state index in [1.807, 2.05) is 6.92 Å². The lowest BCUT2D eigenvalue weighted by Gasteiger charge is -2.57. The van der Waals surface area contributed by atoms with Gasteiger partial charge < -0.3 is 15.5 Å². The SMILES string of the molecule is CNC(=O)C1CCC2C3CCC(=O)[C@](C)(CCC(=O)O)C3[C@@H](O)C[C@]12C.